The topological polar surface area (TPSA) is 22.1 Å². The maximum atomic E-state index is 6.11. The number of hydrogen-bond acceptors (Lipinski definition) is 2. The summed E-state index contributed by atoms with van der Waals surface area (Å²) < 4.78 is 6.11. The lowest BCUT2D eigenvalue weighted by Crippen LogP contribution is -2.16. The maximum Gasteiger partial charge on any atom is 0.223 e. The Morgan fingerprint density at radius 1 is 0.741 bits per heavy atom. The van der Waals surface area contributed by atoms with Gasteiger partial charge in [0.1, 0.15) is 5.75 Å². The van der Waals surface area contributed by atoms with Gasteiger partial charge < -0.3 is 4.74 Å². The Labute approximate surface area is 164 Å². The molecule has 0 aliphatic carbocycles. The van der Waals surface area contributed by atoms with E-state index < -0.39 is 0 Å². The third-order valence-electron chi connectivity index (χ3n) is 4.42. The van der Waals surface area contributed by atoms with Crippen LogP contribution in [-0.2, 0) is 0 Å². The molecule has 0 amide bonds. The standard InChI is InChI=1S/C21H19NO.2C2H6/c1-14(2)20-16-10-6-7-11-19(16)23-21-17(20)12-13-18(22-21)15-8-4-3-5-9-15;2*1-2/h3-14,20H,1-2H3;2*1-2H3. The molecule has 1 aliphatic rings. The summed E-state index contributed by atoms with van der Waals surface area (Å²) in [5.41, 5.74) is 4.49. The Balaban J connectivity index is 0.000000614. The van der Waals surface area contributed by atoms with Gasteiger partial charge in [-0.15, -0.1) is 0 Å². The number of ether oxygens (including phenoxy) is 1. The van der Waals surface area contributed by atoms with Gasteiger partial charge in [0.25, 0.3) is 0 Å². The molecule has 1 aliphatic heterocycles. The molecule has 1 atom stereocenters. The summed E-state index contributed by atoms with van der Waals surface area (Å²) in [5, 5.41) is 0. The van der Waals surface area contributed by atoms with Gasteiger partial charge in [0.15, 0.2) is 0 Å². The highest BCUT2D eigenvalue weighted by atomic mass is 16.5. The monoisotopic (exact) mass is 361 g/mol. The van der Waals surface area contributed by atoms with Gasteiger partial charge in [-0.25, -0.2) is 4.98 Å². The number of rotatable bonds is 2. The summed E-state index contributed by atoms with van der Waals surface area (Å²) in [4.78, 5) is 4.79. The van der Waals surface area contributed by atoms with Crippen LogP contribution in [0.25, 0.3) is 11.3 Å². The van der Waals surface area contributed by atoms with Gasteiger partial charge in [-0.3, -0.25) is 0 Å². The number of aromatic nitrogens is 1. The van der Waals surface area contributed by atoms with Crippen LogP contribution in [0.4, 0.5) is 0 Å². The van der Waals surface area contributed by atoms with Crippen LogP contribution in [0.3, 0.4) is 0 Å². The first kappa shape index (κ1) is 20.7. The van der Waals surface area contributed by atoms with E-state index in [9.17, 15) is 0 Å². The SMILES string of the molecule is CC.CC.CC(C)C1c2ccccc2Oc2nc(-c3ccccc3)ccc21. The van der Waals surface area contributed by atoms with Gasteiger partial charge in [0.05, 0.1) is 5.69 Å². The average Bonchev–Trinajstić information content (AvgIpc) is 2.75. The van der Waals surface area contributed by atoms with Crippen LogP contribution in [0.5, 0.6) is 11.6 Å². The van der Waals surface area contributed by atoms with Gasteiger partial charge in [0.2, 0.25) is 5.88 Å². The summed E-state index contributed by atoms with van der Waals surface area (Å²) >= 11 is 0. The van der Waals surface area contributed by atoms with Crippen molar-refractivity contribution in [2.45, 2.75) is 47.5 Å². The lowest BCUT2D eigenvalue weighted by Gasteiger charge is -2.30. The highest BCUT2D eigenvalue weighted by Gasteiger charge is 2.30. The minimum atomic E-state index is 0.326. The molecule has 0 spiro atoms. The highest BCUT2D eigenvalue weighted by Crippen LogP contribution is 2.46. The number of nitrogens with zero attached hydrogens (tertiary/aromatic N) is 1. The van der Waals surface area contributed by atoms with Crippen LogP contribution in [-0.4, -0.2) is 4.98 Å². The van der Waals surface area contributed by atoms with Gasteiger partial charge in [-0.2, -0.15) is 0 Å². The van der Waals surface area contributed by atoms with Crippen molar-refractivity contribution in [1.82, 2.24) is 4.98 Å². The Morgan fingerprint density at radius 2 is 1.37 bits per heavy atom. The first-order valence-electron chi connectivity index (χ1n) is 10.1. The van der Waals surface area contributed by atoms with E-state index in [4.69, 9.17) is 9.72 Å². The third-order valence-corrected chi connectivity index (χ3v) is 4.42. The van der Waals surface area contributed by atoms with Crippen molar-refractivity contribution >= 4 is 0 Å². The van der Waals surface area contributed by atoms with E-state index in [1.165, 1.54) is 11.1 Å². The Hall–Kier alpha value is -2.61. The lowest BCUT2D eigenvalue weighted by atomic mass is 9.81. The molecule has 2 heteroatoms. The Kier molecular flexibility index (Phi) is 7.60. The number of benzene rings is 2. The molecule has 1 aromatic heterocycles. The minimum Gasteiger partial charge on any atom is -0.438 e. The number of fused-ring (bicyclic) bond motifs is 2. The molecule has 142 valence electrons. The molecule has 4 rings (SSSR count). The molecule has 27 heavy (non-hydrogen) atoms. The van der Waals surface area contributed by atoms with E-state index in [-0.39, 0.29) is 0 Å². The first-order chi connectivity index (χ1) is 13.2. The molecule has 2 aromatic carbocycles. The van der Waals surface area contributed by atoms with Crippen LogP contribution < -0.4 is 4.74 Å². The van der Waals surface area contributed by atoms with Crippen molar-refractivity contribution in [3.8, 4) is 22.9 Å². The van der Waals surface area contributed by atoms with E-state index in [0.29, 0.717) is 11.8 Å². The number of para-hydroxylation sites is 1. The van der Waals surface area contributed by atoms with E-state index in [2.05, 4.69) is 50.2 Å². The predicted octanol–water partition coefficient (Wildman–Crippen LogP) is 7.69. The molecular formula is C25H31NO. The second-order valence-corrected chi connectivity index (χ2v) is 6.32. The van der Waals surface area contributed by atoms with Crippen molar-refractivity contribution in [3.05, 3.63) is 77.9 Å². The summed E-state index contributed by atoms with van der Waals surface area (Å²) in [6.07, 6.45) is 0. The zero-order chi connectivity index (χ0) is 19.8. The van der Waals surface area contributed by atoms with Gasteiger partial charge >= 0.3 is 0 Å². The molecule has 0 bridgehead atoms. The van der Waals surface area contributed by atoms with Gasteiger partial charge in [-0.05, 0) is 18.1 Å². The molecule has 2 nitrogen and oxygen atoms in total. The van der Waals surface area contributed by atoms with Crippen molar-refractivity contribution in [2.24, 2.45) is 5.92 Å². The van der Waals surface area contributed by atoms with E-state index in [1.54, 1.807) is 0 Å². The van der Waals surface area contributed by atoms with E-state index >= 15 is 0 Å². The average molecular weight is 362 g/mol. The molecule has 0 saturated heterocycles. The Morgan fingerprint density at radius 3 is 2.04 bits per heavy atom. The third kappa shape index (κ3) is 4.39. The Bertz CT molecular complexity index is 840. The molecule has 0 radical (unpaired) electrons. The zero-order valence-corrected chi connectivity index (χ0v) is 17.4. The summed E-state index contributed by atoms with van der Waals surface area (Å²) in [7, 11) is 0. The fourth-order valence-corrected chi connectivity index (χ4v) is 3.36. The largest absolute Gasteiger partial charge is 0.438 e. The van der Waals surface area contributed by atoms with Gasteiger partial charge in [0, 0.05) is 22.6 Å². The van der Waals surface area contributed by atoms with Gasteiger partial charge in [-0.1, -0.05) is 96.1 Å². The van der Waals surface area contributed by atoms with Crippen molar-refractivity contribution in [1.29, 1.82) is 0 Å². The summed E-state index contributed by atoms with van der Waals surface area (Å²) in [6, 6.07) is 22.8. The first-order valence-corrected chi connectivity index (χ1v) is 10.1. The zero-order valence-electron chi connectivity index (χ0n) is 17.4. The minimum absolute atomic E-state index is 0.326. The fourth-order valence-electron chi connectivity index (χ4n) is 3.36. The van der Waals surface area contributed by atoms with Crippen LogP contribution in [0, 0.1) is 5.92 Å². The molecule has 0 saturated carbocycles. The number of hydrogen-bond donors (Lipinski definition) is 0. The smallest absolute Gasteiger partial charge is 0.223 e. The van der Waals surface area contributed by atoms with Crippen LogP contribution in [0.15, 0.2) is 66.7 Å². The van der Waals surface area contributed by atoms with Crippen LogP contribution in [0.2, 0.25) is 0 Å². The quantitative estimate of drug-likeness (QED) is 0.466. The van der Waals surface area contributed by atoms with Crippen LogP contribution >= 0.6 is 0 Å². The highest BCUT2D eigenvalue weighted by molar-refractivity contribution is 5.62. The second kappa shape index (κ2) is 9.91. The predicted molar refractivity (Wildman–Crippen MR) is 116 cm³/mol. The molecule has 0 N–H and O–H groups in total. The maximum absolute atomic E-state index is 6.11. The van der Waals surface area contributed by atoms with Crippen molar-refractivity contribution in [2.75, 3.05) is 0 Å². The lowest BCUT2D eigenvalue weighted by molar-refractivity contribution is 0.405. The molecule has 1 unspecified atom stereocenters. The van der Waals surface area contributed by atoms with E-state index in [0.717, 1.165) is 22.9 Å². The normalized spacial score (nSPS) is 13.8. The molecule has 0 fully saturated rings. The van der Waals surface area contributed by atoms with E-state index in [1.807, 2.05) is 58.0 Å². The number of pyridine rings is 1. The fraction of sp³-hybridized carbons (Fsp3) is 0.320. The van der Waals surface area contributed by atoms with Crippen LogP contribution in [0.1, 0.15) is 58.6 Å². The van der Waals surface area contributed by atoms with Crippen molar-refractivity contribution in [3.63, 3.8) is 0 Å². The summed E-state index contributed by atoms with van der Waals surface area (Å²) in [5.74, 6) is 2.48. The summed E-state index contributed by atoms with van der Waals surface area (Å²) in [6.45, 7) is 12.5. The molecule has 3 aromatic rings. The van der Waals surface area contributed by atoms with Crippen molar-refractivity contribution < 1.29 is 4.74 Å². The second-order valence-electron chi connectivity index (χ2n) is 6.32. The molecular weight excluding hydrogens is 330 g/mol. The molecule has 2 heterocycles.